The summed E-state index contributed by atoms with van der Waals surface area (Å²) >= 11 is 0. The van der Waals surface area contributed by atoms with Gasteiger partial charge in [-0.1, -0.05) is 86.0 Å². The molecule has 10 atom stereocenters. The molecule has 0 heterocycles. The molecule has 4 saturated carbocycles. The van der Waals surface area contributed by atoms with Crippen molar-refractivity contribution in [2.24, 2.45) is 58.0 Å². The molecule has 0 aromatic heterocycles. The minimum atomic E-state index is -0.0593. The molecule has 4 aliphatic rings. The van der Waals surface area contributed by atoms with Gasteiger partial charge in [0.1, 0.15) is 0 Å². The van der Waals surface area contributed by atoms with Crippen molar-refractivity contribution in [2.75, 3.05) is 13.1 Å². The quantitative estimate of drug-likeness (QED) is 0.181. The molecule has 39 heavy (non-hydrogen) atoms. The summed E-state index contributed by atoms with van der Waals surface area (Å²) in [4.78, 5) is 0. The van der Waals surface area contributed by atoms with Gasteiger partial charge in [0.2, 0.25) is 0 Å². The maximum absolute atomic E-state index is 10.7. The third-order valence-electron chi connectivity index (χ3n) is 13.2. The van der Waals surface area contributed by atoms with Gasteiger partial charge in [-0.15, -0.1) is 0 Å². The molecule has 3 nitrogen and oxygen atoms in total. The lowest BCUT2D eigenvalue weighted by Crippen LogP contribution is -2.61. The number of nitrogens with one attached hydrogen (secondary N) is 1. The first-order chi connectivity index (χ1) is 18.7. The Morgan fingerprint density at radius 1 is 0.769 bits per heavy atom. The standard InChI is InChI=1S/C36H68N2O/c1-26(2)14-13-15-27(3)30-16-17-31-34-32(19-21-36(30,31)5)35(4)20-18-29(39)24-28(35)25-33(34)38-23-12-10-8-6-7-9-11-22-37/h26-34,38-39H,6-25,37H2,1-5H3/t27-,28-,29+,30-,31+,32+,33+,34+,35+,36-/m1/s1. The topological polar surface area (TPSA) is 58.3 Å². The van der Waals surface area contributed by atoms with Crippen molar-refractivity contribution in [1.29, 1.82) is 0 Å². The number of rotatable bonds is 15. The summed E-state index contributed by atoms with van der Waals surface area (Å²) in [5.74, 6) is 5.96. The van der Waals surface area contributed by atoms with Crippen LogP contribution in [0.25, 0.3) is 0 Å². The summed E-state index contributed by atoms with van der Waals surface area (Å²) in [5, 5.41) is 14.9. The van der Waals surface area contributed by atoms with Crippen molar-refractivity contribution < 1.29 is 5.11 Å². The Morgan fingerprint density at radius 3 is 2.15 bits per heavy atom. The molecular weight excluding hydrogens is 476 g/mol. The fourth-order valence-corrected chi connectivity index (χ4v) is 10.9. The molecule has 0 amide bonds. The van der Waals surface area contributed by atoms with E-state index in [-0.39, 0.29) is 6.10 Å². The van der Waals surface area contributed by atoms with Gasteiger partial charge >= 0.3 is 0 Å². The maximum atomic E-state index is 10.7. The molecule has 4 aliphatic carbocycles. The van der Waals surface area contributed by atoms with Gasteiger partial charge in [-0.2, -0.15) is 0 Å². The van der Waals surface area contributed by atoms with E-state index in [2.05, 4.69) is 39.9 Å². The molecule has 0 radical (unpaired) electrons. The van der Waals surface area contributed by atoms with E-state index in [9.17, 15) is 5.11 Å². The van der Waals surface area contributed by atoms with Crippen molar-refractivity contribution in [3.8, 4) is 0 Å². The van der Waals surface area contributed by atoms with Crippen LogP contribution >= 0.6 is 0 Å². The number of nitrogens with two attached hydrogens (primary N) is 1. The van der Waals surface area contributed by atoms with E-state index in [4.69, 9.17) is 5.73 Å². The number of aliphatic hydroxyl groups excluding tert-OH is 1. The Bertz CT molecular complexity index is 725. The monoisotopic (exact) mass is 545 g/mol. The van der Waals surface area contributed by atoms with Gasteiger partial charge in [0.15, 0.2) is 0 Å². The van der Waals surface area contributed by atoms with Crippen LogP contribution in [0.4, 0.5) is 0 Å². The second-order valence-corrected chi connectivity index (χ2v) is 16.0. The molecule has 0 aromatic carbocycles. The first kappa shape index (κ1) is 31.8. The Labute approximate surface area is 243 Å². The normalized spacial score (nSPS) is 40.8. The van der Waals surface area contributed by atoms with Crippen molar-refractivity contribution >= 4 is 0 Å². The second kappa shape index (κ2) is 14.4. The van der Waals surface area contributed by atoms with Crippen molar-refractivity contribution in [3.05, 3.63) is 0 Å². The first-order valence-corrected chi connectivity index (χ1v) is 17.8. The fraction of sp³-hybridized carbons (Fsp3) is 1.00. The van der Waals surface area contributed by atoms with Crippen molar-refractivity contribution in [1.82, 2.24) is 5.32 Å². The van der Waals surface area contributed by atoms with Crippen LogP contribution in [0.15, 0.2) is 0 Å². The summed E-state index contributed by atoms with van der Waals surface area (Å²) in [7, 11) is 0. The van der Waals surface area contributed by atoms with E-state index in [1.165, 1.54) is 109 Å². The predicted octanol–water partition coefficient (Wildman–Crippen LogP) is 8.73. The summed E-state index contributed by atoms with van der Waals surface area (Å²) < 4.78 is 0. The molecule has 228 valence electrons. The fourth-order valence-electron chi connectivity index (χ4n) is 10.9. The number of hydrogen-bond donors (Lipinski definition) is 3. The lowest BCUT2D eigenvalue weighted by molar-refractivity contribution is -0.142. The molecule has 0 aromatic rings. The molecular formula is C36H68N2O. The molecule has 0 aliphatic heterocycles. The van der Waals surface area contributed by atoms with Gasteiger partial charge in [0.05, 0.1) is 6.10 Å². The highest BCUT2D eigenvalue weighted by atomic mass is 16.3. The van der Waals surface area contributed by atoms with Gasteiger partial charge in [-0.25, -0.2) is 0 Å². The van der Waals surface area contributed by atoms with E-state index in [1.807, 2.05) is 0 Å². The van der Waals surface area contributed by atoms with E-state index in [0.29, 0.717) is 22.8 Å². The molecule has 3 heteroatoms. The highest BCUT2D eigenvalue weighted by Gasteiger charge is 2.62. The van der Waals surface area contributed by atoms with Crippen LogP contribution in [-0.4, -0.2) is 30.3 Å². The minimum absolute atomic E-state index is 0.0593. The van der Waals surface area contributed by atoms with E-state index < -0.39 is 0 Å². The van der Waals surface area contributed by atoms with Gasteiger partial charge in [-0.3, -0.25) is 0 Å². The van der Waals surface area contributed by atoms with E-state index >= 15 is 0 Å². The van der Waals surface area contributed by atoms with Gasteiger partial charge in [0.25, 0.3) is 0 Å². The zero-order valence-corrected chi connectivity index (χ0v) is 26.9. The molecule has 0 saturated heterocycles. The number of aliphatic hydroxyl groups is 1. The van der Waals surface area contributed by atoms with Crippen LogP contribution < -0.4 is 11.1 Å². The highest BCUT2D eigenvalue weighted by molar-refractivity contribution is 5.13. The number of fused-ring (bicyclic) bond motifs is 5. The van der Waals surface area contributed by atoms with Crippen LogP contribution in [0.2, 0.25) is 0 Å². The Balaban J connectivity index is 1.41. The second-order valence-electron chi connectivity index (χ2n) is 16.0. The average Bonchev–Trinajstić information content (AvgIpc) is 3.25. The Morgan fingerprint density at radius 2 is 1.44 bits per heavy atom. The van der Waals surface area contributed by atoms with Crippen LogP contribution in [-0.2, 0) is 0 Å². The summed E-state index contributed by atoms with van der Waals surface area (Å²) in [6.45, 7) is 14.8. The van der Waals surface area contributed by atoms with E-state index in [1.54, 1.807) is 0 Å². The SMILES string of the molecule is CC(C)CCC[C@@H](C)[C@H]1CC[C@H]2[C@@H]3[C@@H](NCCCCCCCCCN)C[C@H]4C[C@@H](O)CC[C@]4(C)[C@H]3CC[C@]12C. The number of unbranched alkanes of at least 4 members (excludes halogenated alkanes) is 6. The largest absolute Gasteiger partial charge is 0.393 e. The van der Waals surface area contributed by atoms with Crippen molar-refractivity contribution in [2.45, 2.75) is 162 Å². The summed E-state index contributed by atoms with van der Waals surface area (Å²) in [6.07, 6.45) is 24.0. The predicted molar refractivity (Wildman–Crippen MR) is 168 cm³/mol. The van der Waals surface area contributed by atoms with Gasteiger partial charge in [0, 0.05) is 6.04 Å². The zero-order valence-electron chi connectivity index (χ0n) is 26.9. The molecule has 0 unspecified atom stereocenters. The van der Waals surface area contributed by atoms with Crippen molar-refractivity contribution in [3.63, 3.8) is 0 Å². The highest BCUT2D eigenvalue weighted by Crippen LogP contribution is 2.68. The Hall–Kier alpha value is -0.120. The summed E-state index contributed by atoms with van der Waals surface area (Å²) in [6, 6.07) is 0.669. The zero-order chi connectivity index (χ0) is 28.0. The third kappa shape index (κ3) is 7.27. The van der Waals surface area contributed by atoms with Gasteiger partial charge < -0.3 is 16.2 Å². The molecule has 0 spiro atoms. The number of hydrogen-bond acceptors (Lipinski definition) is 3. The van der Waals surface area contributed by atoms with E-state index in [0.717, 1.165) is 54.9 Å². The first-order valence-electron chi connectivity index (χ1n) is 17.8. The molecule has 4 fully saturated rings. The Kier molecular flexibility index (Phi) is 11.7. The smallest absolute Gasteiger partial charge is 0.0543 e. The molecule has 4 rings (SSSR count). The summed E-state index contributed by atoms with van der Waals surface area (Å²) in [5.41, 5.74) is 6.65. The maximum Gasteiger partial charge on any atom is 0.0543 e. The third-order valence-corrected chi connectivity index (χ3v) is 13.2. The molecule has 4 N–H and O–H groups in total. The lowest BCUT2D eigenvalue weighted by atomic mass is 9.43. The van der Waals surface area contributed by atoms with Crippen LogP contribution in [0.5, 0.6) is 0 Å². The minimum Gasteiger partial charge on any atom is -0.393 e. The average molecular weight is 545 g/mol. The molecule has 0 bridgehead atoms. The van der Waals surface area contributed by atoms with Crippen LogP contribution in [0, 0.1) is 52.3 Å². The van der Waals surface area contributed by atoms with Crippen LogP contribution in [0.1, 0.15) is 150 Å². The van der Waals surface area contributed by atoms with Gasteiger partial charge in [-0.05, 0) is 130 Å². The van der Waals surface area contributed by atoms with Crippen LogP contribution in [0.3, 0.4) is 0 Å². The lowest BCUT2D eigenvalue weighted by Gasteiger charge is -2.63.